The van der Waals surface area contributed by atoms with Gasteiger partial charge in [-0.1, -0.05) is 0 Å². The zero-order chi connectivity index (χ0) is 26.7. The maximum atomic E-state index is 14.0. The number of amides is 1. The van der Waals surface area contributed by atoms with E-state index in [-0.39, 0.29) is 11.4 Å². The molecular formula is C26H23F3N8O2. The lowest BCUT2D eigenvalue weighted by Crippen LogP contribution is -2.41. The Hall–Kier alpha value is -4.39. The number of anilines is 1. The lowest BCUT2D eigenvalue weighted by molar-refractivity contribution is -0.136. The number of morpholine rings is 1. The van der Waals surface area contributed by atoms with Crippen LogP contribution in [0.15, 0.2) is 55.2 Å². The normalized spacial score (nSPS) is 18.2. The summed E-state index contributed by atoms with van der Waals surface area (Å²) in [4.78, 5) is 25.4. The van der Waals surface area contributed by atoms with Crippen molar-refractivity contribution in [2.75, 3.05) is 37.7 Å². The van der Waals surface area contributed by atoms with Crippen LogP contribution >= 0.6 is 0 Å². The smallest absolute Gasteiger partial charge is 0.378 e. The number of nitrogens with zero attached hydrogens (tertiary/aromatic N) is 7. The van der Waals surface area contributed by atoms with Crippen molar-refractivity contribution >= 4 is 22.6 Å². The average molecular weight is 537 g/mol. The third kappa shape index (κ3) is 3.92. The molecule has 13 heteroatoms. The molecular weight excluding hydrogens is 513 g/mol. The average Bonchev–Trinajstić information content (AvgIpc) is 3.69. The van der Waals surface area contributed by atoms with Crippen LogP contribution in [0.5, 0.6) is 0 Å². The quantitative estimate of drug-likeness (QED) is 0.380. The molecule has 1 atom stereocenters. The number of nitrogens with one attached hydrogen (secondary N) is 1. The Balaban J connectivity index is 1.28. The van der Waals surface area contributed by atoms with Gasteiger partial charge in [-0.2, -0.15) is 23.4 Å². The fraction of sp³-hybridized carbons (Fsp3) is 0.308. The van der Waals surface area contributed by atoms with Crippen LogP contribution in [-0.2, 0) is 17.3 Å². The maximum Gasteiger partial charge on any atom is 0.418 e. The van der Waals surface area contributed by atoms with Crippen molar-refractivity contribution < 1.29 is 22.7 Å². The van der Waals surface area contributed by atoms with E-state index in [0.29, 0.717) is 48.6 Å². The first kappa shape index (κ1) is 23.7. The van der Waals surface area contributed by atoms with E-state index in [4.69, 9.17) is 4.74 Å². The predicted octanol–water partition coefficient (Wildman–Crippen LogP) is 3.35. The van der Waals surface area contributed by atoms with Crippen molar-refractivity contribution in [1.29, 1.82) is 0 Å². The predicted molar refractivity (Wildman–Crippen MR) is 134 cm³/mol. The molecule has 1 fully saturated rings. The molecule has 1 amide bonds. The number of aromatic nitrogens is 6. The van der Waals surface area contributed by atoms with Crippen LogP contribution < -0.4 is 4.90 Å². The second-order valence-corrected chi connectivity index (χ2v) is 9.61. The molecule has 10 nitrogen and oxygen atoms in total. The highest BCUT2D eigenvalue weighted by Gasteiger charge is 2.39. The second-order valence-electron chi connectivity index (χ2n) is 9.61. The molecule has 7 heterocycles. The number of fused-ring (bicyclic) bond motifs is 3. The molecule has 0 radical (unpaired) electrons. The minimum Gasteiger partial charge on any atom is -0.378 e. The number of halogens is 3. The van der Waals surface area contributed by atoms with Crippen LogP contribution in [0.1, 0.15) is 39.0 Å². The van der Waals surface area contributed by atoms with Gasteiger partial charge in [0.05, 0.1) is 71.2 Å². The second kappa shape index (κ2) is 8.83. The minimum atomic E-state index is -4.55. The van der Waals surface area contributed by atoms with Gasteiger partial charge in [-0.3, -0.25) is 4.79 Å². The summed E-state index contributed by atoms with van der Waals surface area (Å²) in [5.74, 6) is -0.295. The highest BCUT2D eigenvalue weighted by Crippen LogP contribution is 2.37. The van der Waals surface area contributed by atoms with E-state index in [1.165, 1.54) is 35.4 Å². The summed E-state index contributed by atoms with van der Waals surface area (Å²) in [5.41, 5.74) is 2.84. The van der Waals surface area contributed by atoms with Crippen molar-refractivity contribution in [2.24, 2.45) is 0 Å². The highest BCUT2D eigenvalue weighted by molar-refractivity contribution is 6.01. The third-order valence-corrected chi connectivity index (χ3v) is 7.40. The summed E-state index contributed by atoms with van der Waals surface area (Å²) < 4.78 is 49.4. The van der Waals surface area contributed by atoms with Gasteiger partial charge in [0.1, 0.15) is 6.04 Å². The standard InChI is InChI=1S/C26H23F3N8O2/c27-26(28,29)18-2-1-6-36-22(18)12-20(33-36)24-23-19(30-15-31-23)5-7-35(24)25(38)17-13-32-37-14-16(3-4-21(17)37)34-8-10-39-11-9-34/h1-4,6,12-15,24H,5,7-11H2,(H,30,31). The first-order valence-electron chi connectivity index (χ1n) is 12.6. The number of alkyl halides is 3. The van der Waals surface area contributed by atoms with Crippen molar-refractivity contribution in [1.82, 2.24) is 34.1 Å². The Bertz CT molecular complexity index is 1700. The Labute approximate surface area is 219 Å². The van der Waals surface area contributed by atoms with Gasteiger partial charge in [0.2, 0.25) is 0 Å². The van der Waals surface area contributed by atoms with Gasteiger partial charge in [-0.05, 0) is 30.3 Å². The Morgan fingerprint density at radius 1 is 1.08 bits per heavy atom. The number of ether oxygens (including phenoxy) is 1. The molecule has 200 valence electrons. The zero-order valence-corrected chi connectivity index (χ0v) is 20.6. The summed E-state index contributed by atoms with van der Waals surface area (Å²) in [6.07, 6.45) is 2.40. The molecule has 0 aliphatic carbocycles. The summed E-state index contributed by atoms with van der Waals surface area (Å²) in [5, 5.41) is 8.90. The van der Waals surface area contributed by atoms with Gasteiger partial charge in [0.25, 0.3) is 5.91 Å². The SMILES string of the molecule is O=C(c1cnn2cc(N3CCOCC3)ccc12)N1CCc2[nH]cnc2C1c1cc2c(C(F)(F)F)cccn2n1. The maximum absolute atomic E-state index is 14.0. The molecule has 2 aliphatic heterocycles. The van der Waals surface area contributed by atoms with Gasteiger partial charge >= 0.3 is 6.18 Å². The molecule has 1 unspecified atom stereocenters. The highest BCUT2D eigenvalue weighted by atomic mass is 19.4. The number of pyridine rings is 2. The number of hydrogen-bond donors (Lipinski definition) is 1. The first-order valence-corrected chi connectivity index (χ1v) is 12.6. The molecule has 39 heavy (non-hydrogen) atoms. The van der Waals surface area contributed by atoms with Crippen molar-refractivity contribution in [2.45, 2.75) is 18.6 Å². The molecule has 2 aliphatic rings. The number of rotatable bonds is 3. The Morgan fingerprint density at radius 2 is 1.92 bits per heavy atom. The van der Waals surface area contributed by atoms with Crippen LogP contribution in [-0.4, -0.2) is 72.9 Å². The third-order valence-electron chi connectivity index (χ3n) is 7.40. The van der Waals surface area contributed by atoms with E-state index >= 15 is 0 Å². The molecule has 0 saturated carbocycles. The lowest BCUT2D eigenvalue weighted by Gasteiger charge is -2.33. The van der Waals surface area contributed by atoms with Gasteiger partial charge < -0.3 is 19.5 Å². The van der Waals surface area contributed by atoms with E-state index in [1.807, 2.05) is 18.3 Å². The fourth-order valence-electron chi connectivity index (χ4n) is 5.50. The fourth-order valence-corrected chi connectivity index (χ4v) is 5.50. The molecule has 7 rings (SSSR count). The van der Waals surface area contributed by atoms with Crippen LogP contribution in [0, 0.1) is 0 Å². The molecule has 5 aromatic heterocycles. The van der Waals surface area contributed by atoms with Gasteiger partial charge in [-0.25, -0.2) is 14.0 Å². The van der Waals surface area contributed by atoms with E-state index in [0.717, 1.165) is 30.5 Å². The van der Waals surface area contributed by atoms with E-state index in [1.54, 1.807) is 9.42 Å². The summed E-state index contributed by atoms with van der Waals surface area (Å²) >= 11 is 0. The number of aromatic amines is 1. The molecule has 0 aromatic carbocycles. The van der Waals surface area contributed by atoms with Gasteiger partial charge in [0.15, 0.2) is 0 Å². The number of hydrogen-bond acceptors (Lipinski definition) is 6. The molecule has 5 aromatic rings. The number of carbonyl (C=O) groups is 1. The topological polar surface area (TPSA) is 96.1 Å². The lowest BCUT2D eigenvalue weighted by atomic mass is 9.98. The Morgan fingerprint density at radius 3 is 2.74 bits per heavy atom. The monoisotopic (exact) mass is 536 g/mol. The Kier molecular flexibility index (Phi) is 5.37. The molecule has 0 spiro atoms. The van der Waals surface area contributed by atoms with Crippen LogP contribution in [0.3, 0.4) is 0 Å². The molecule has 1 N–H and O–H groups in total. The van der Waals surface area contributed by atoms with E-state index in [2.05, 4.69) is 25.1 Å². The minimum absolute atomic E-state index is 0.0818. The molecule has 0 bridgehead atoms. The number of imidazole rings is 1. The summed E-state index contributed by atoms with van der Waals surface area (Å²) in [7, 11) is 0. The van der Waals surface area contributed by atoms with E-state index in [9.17, 15) is 18.0 Å². The van der Waals surface area contributed by atoms with E-state index < -0.39 is 17.8 Å². The summed E-state index contributed by atoms with van der Waals surface area (Å²) in [6.45, 7) is 3.19. The van der Waals surface area contributed by atoms with Crippen molar-refractivity contribution in [3.05, 3.63) is 83.5 Å². The summed E-state index contributed by atoms with van der Waals surface area (Å²) in [6, 6.07) is 6.78. The van der Waals surface area contributed by atoms with Crippen LogP contribution in [0.25, 0.3) is 11.0 Å². The number of carbonyl (C=O) groups excluding carboxylic acids is 1. The largest absolute Gasteiger partial charge is 0.418 e. The van der Waals surface area contributed by atoms with Gasteiger partial charge in [0, 0.05) is 37.9 Å². The first-order chi connectivity index (χ1) is 18.9. The molecule has 1 saturated heterocycles. The zero-order valence-electron chi connectivity index (χ0n) is 20.6. The van der Waals surface area contributed by atoms with Crippen LogP contribution in [0.2, 0.25) is 0 Å². The number of H-pyrrole nitrogens is 1. The van der Waals surface area contributed by atoms with Crippen LogP contribution in [0.4, 0.5) is 18.9 Å². The van der Waals surface area contributed by atoms with Crippen molar-refractivity contribution in [3.63, 3.8) is 0 Å². The van der Waals surface area contributed by atoms with Gasteiger partial charge in [-0.15, -0.1) is 0 Å². The van der Waals surface area contributed by atoms with Crippen molar-refractivity contribution in [3.8, 4) is 0 Å².